The molecule has 0 radical (unpaired) electrons. The number of carbonyl (C=O) groups excluding carboxylic acids is 1. The van der Waals surface area contributed by atoms with Crippen LogP contribution in [0, 0.1) is 5.82 Å². The molecule has 1 aromatic carbocycles. The molecule has 0 atom stereocenters. The standard InChI is InChI=1S/C10H10FNO3/c1-2-15-10(13)9(12-14)7-3-5-8(11)6-4-7/h3-6,14H,2H2,1H3/b12-9+. The minimum Gasteiger partial charge on any atom is -0.461 e. The van der Waals surface area contributed by atoms with E-state index in [1.54, 1.807) is 6.92 Å². The molecular formula is C10H10FNO3. The van der Waals surface area contributed by atoms with Gasteiger partial charge in [0.2, 0.25) is 0 Å². The van der Waals surface area contributed by atoms with Crippen LogP contribution < -0.4 is 0 Å². The van der Waals surface area contributed by atoms with Gasteiger partial charge in [-0.1, -0.05) is 5.16 Å². The molecule has 0 fully saturated rings. The molecule has 0 unspecified atom stereocenters. The van der Waals surface area contributed by atoms with Crippen LogP contribution in [0.3, 0.4) is 0 Å². The molecule has 1 aromatic rings. The molecule has 0 aromatic heterocycles. The average Bonchev–Trinajstić information content (AvgIpc) is 2.22. The molecule has 1 rings (SSSR count). The van der Waals surface area contributed by atoms with Crippen molar-refractivity contribution < 1.29 is 19.1 Å². The number of hydrogen-bond acceptors (Lipinski definition) is 4. The Balaban J connectivity index is 2.94. The van der Waals surface area contributed by atoms with E-state index in [4.69, 9.17) is 5.21 Å². The Labute approximate surface area is 86.0 Å². The van der Waals surface area contributed by atoms with Crippen LogP contribution in [0.1, 0.15) is 12.5 Å². The van der Waals surface area contributed by atoms with Crippen molar-refractivity contribution in [1.29, 1.82) is 0 Å². The molecule has 0 aliphatic heterocycles. The van der Waals surface area contributed by atoms with Gasteiger partial charge in [-0.3, -0.25) is 0 Å². The number of halogens is 1. The van der Waals surface area contributed by atoms with Crippen LogP contribution in [0.5, 0.6) is 0 Å². The molecule has 80 valence electrons. The van der Waals surface area contributed by atoms with Gasteiger partial charge in [0, 0.05) is 5.56 Å². The van der Waals surface area contributed by atoms with E-state index in [9.17, 15) is 9.18 Å². The third kappa shape index (κ3) is 2.77. The second kappa shape index (κ2) is 5.09. The van der Waals surface area contributed by atoms with Crippen molar-refractivity contribution in [2.75, 3.05) is 6.61 Å². The summed E-state index contributed by atoms with van der Waals surface area (Å²) in [6.45, 7) is 1.82. The summed E-state index contributed by atoms with van der Waals surface area (Å²) in [7, 11) is 0. The molecule has 0 spiro atoms. The van der Waals surface area contributed by atoms with Crippen molar-refractivity contribution in [3.63, 3.8) is 0 Å². The van der Waals surface area contributed by atoms with Gasteiger partial charge in [0.25, 0.3) is 0 Å². The fourth-order valence-corrected chi connectivity index (χ4v) is 1.02. The zero-order chi connectivity index (χ0) is 11.3. The number of ether oxygens (including phenoxy) is 1. The monoisotopic (exact) mass is 211 g/mol. The predicted molar refractivity (Wildman–Crippen MR) is 51.4 cm³/mol. The highest BCUT2D eigenvalue weighted by molar-refractivity contribution is 6.43. The molecule has 4 nitrogen and oxygen atoms in total. The zero-order valence-electron chi connectivity index (χ0n) is 8.11. The lowest BCUT2D eigenvalue weighted by molar-refractivity contribution is -0.135. The largest absolute Gasteiger partial charge is 0.461 e. The Morgan fingerprint density at radius 1 is 1.47 bits per heavy atom. The van der Waals surface area contributed by atoms with Crippen LogP contribution in [0.4, 0.5) is 4.39 Å². The van der Waals surface area contributed by atoms with Gasteiger partial charge in [-0.25, -0.2) is 9.18 Å². The maximum atomic E-state index is 12.6. The molecule has 0 aliphatic carbocycles. The summed E-state index contributed by atoms with van der Waals surface area (Å²) in [6.07, 6.45) is 0. The molecule has 0 amide bonds. The van der Waals surface area contributed by atoms with E-state index >= 15 is 0 Å². The number of carbonyl (C=O) groups is 1. The summed E-state index contributed by atoms with van der Waals surface area (Å²) < 4.78 is 17.2. The van der Waals surface area contributed by atoms with Crippen molar-refractivity contribution in [1.82, 2.24) is 0 Å². The number of esters is 1. The van der Waals surface area contributed by atoms with Crippen molar-refractivity contribution in [3.05, 3.63) is 35.6 Å². The average molecular weight is 211 g/mol. The molecule has 0 saturated heterocycles. The summed E-state index contributed by atoms with van der Waals surface area (Å²) in [4.78, 5) is 11.3. The Morgan fingerprint density at radius 2 is 2.07 bits per heavy atom. The Morgan fingerprint density at radius 3 is 2.53 bits per heavy atom. The van der Waals surface area contributed by atoms with Crippen molar-refractivity contribution in [3.8, 4) is 0 Å². The molecular weight excluding hydrogens is 201 g/mol. The van der Waals surface area contributed by atoms with E-state index < -0.39 is 11.8 Å². The number of rotatable bonds is 3. The smallest absolute Gasteiger partial charge is 0.361 e. The molecule has 15 heavy (non-hydrogen) atoms. The lowest BCUT2D eigenvalue weighted by atomic mass is 10.1. The van der Waals surface area contributed by atoms with Gasteiger partial charge in [-0.05, 0) is 31.2 Å². The number of hydrogen-bond donors (Lipinski definition) is 1. The summed E-state index contributed by atoms with van der Waals surface area (Å²) in [6, 6.07) is 5.00. The maximum Gasteiger partial charge on any atom is 0.361 e. The normalized spacial score (nSPS) is 11.2. The molecule has 0 saturated carbocycles. The maximum absolute atomic E-state index is 12.6. The van der Waals surface area contributed by atoms with Gasteiger partial charge in [0.15, 0.2) is 5.71 Å². The first-order valence-corrected chi connectivity index (χ1v) is 4.34. The van der Waals surface area contributed by atoms with Crippen LogP contribution in [-0.2, 0) is 9.53 Å². The van der Waals surface area contributed by atoms with Gasteiger partial charge in [-0.2, -0.15) is 0 Å². The van der Waals surface area contributed by atoms with E-state index in [0.717, 1.165) is 0 Å². The summed E-state index contributed by atoms with van der Waals surface area (Å²) in [5.74, 6) is -1.17. The quantitative estimate of drug-likeness (QED) is 0.357. The van der Waals surface area contributed by atoms with Crippen LogP contribution in [0.2, 0.25) is 0 Å². The lowest BCUT2D eigenvalue weighted by Crippen LogP contribution is -2.18. The Bertz CT molecular complexity index is 373. The summed E-state index contributed by atoms with van der Waals surface area (Å²) in [5.41, 5.74) is 0.0641. The van der Waals surface area contributed by atoms with E-state index in [1.807, 2.05) is 0 Å². The van der Waals surface area contributed by atoms with E-state index in [-0.39, 0.29) is 12.3 Å². The van der Waals surface area contributed by atoms with Gasteiger partial charge in [-0.15, -0.1) is 0 Å². The van der Waals surface area contributed by atoms with Gasteiger partial charge in [0.05, 0.1) is 6.61 Å². The second-order valence-corrected chi connectivity index (χ2v) is 2.68. The first-order valence-electron chi connectivity index (χ1n) is 4.34. The molecule has 5 heteroatoms. The zero-order valence-corrected chi connectivity index (χ0v) is 8.11. The topological polar surface area (TPSA) is 58.9 Å². The Kier molecular flexibility index (Phi) is 3.79. The second-order valence-electron chi connectivity index (χ2n) is 2.68. The van der Waals surface area contributed by atoms with Crippen LogP contribution in [0.25, 0.3) is 0 Å². The highest BCUT2D eigenvalue weighted by Gasteiger charge is 2.15. The van der Waals surface area contributed by atoms with E-state index in [1.165, 1.54) is 24.3 Å². The molecule has 0 heterocycles. The predicted octanol–water partition coefficient (Wildman–Crippen LogP) is 1.57. The van der Waals surface area contributed by atoms with Crippen molar-refractivity contribution in [2.24, 2.45) is 5.16 Å². The minimum atomic E-state index is -0.744. The van der Waals surface area contributed by atoms with Gasteiger partial charge in [0.1, 0.15) is 5.82 Å². The van der Waals surface area contributed by atoms with Crippen LogP contribution >= 0.6 is 0 Å². The molecule has 0 aliphatic rings. The summed E-state index contributed by atoms with van der Waals surface area (Å²) >= 11 is 0. The van der Waals surface area contributed by atoms with Crippen LogP contribution in [0.15, 0.2) is 29.4 Å². The SMILES string of the molecule is CCOC(=O)/C(=N/O)c1ccc(F)cc1. The third-order valence-electron chi connectivity index (χ3n) is 1.69. The van der Waals surface area contributed by atoms with Gasteiger partial charge < -0.3 is 9.94 Å². The summed E-state index contributed by atoms with van der Waals surface area (Å²) in [5, 5.41) is 11.5. The van der Waals surface area contributed by atoms with Crippen LogP contribution in [-0.4, -0.2) is 23.5 Å². The van der Waals surface area contributed by atoms with E-state index in [0.29, 0.717) is 5.56 Å². The third-order valence-corrected chi connectivity index (χ3v) is 1.69. The fourth-order valence-electron chi connectivity index (χ4n) is 1.02. The number of nitrogens with zero attached hydrogens (tertiary/aromatic N) is 1. The highest BCUT2D eigenvalue weighted by Crippen LogP contribution is 2.05. The molecule has 0 bridgehead atoms. The van der Waals surface area contributed by atoms with Crippen molar-refractivity contribution in [2.45, 2.75) is 6.92 Å². The van der Waals surface area contributed by atoms with Crippen molar-refractivity contribution >= 4 is 11.7 Å². The number of oxime groups is 1. The molecule has 1 N–H and O–H groups in total. The number of benzene rings is 1. The highest BCUT2D eigenvalue weighted by atomic mass is 19.1. The fraction of sp³-hybridized carbons (Fsp3) is 0.200. The lowest BCUT2D eigenvalue weighted by Gasteiger charge is -2.03. The first-order chi connectivity index (χ1) is 7.19. The first kappa shape index (κ1) is 11.2. The van der Waals surface area contributed by atoms with Gasteiger partial charge >= 0.3 is 5.97 Å². The minimum absolute atomic E-state index is 0.180. The Hall–Kier alpha value is -1.91. The van der Waals surface area contributed by atoms with E-state index in [2.05, 4.69) is 9.89 Å².